The van der Waals surface area contributed by atoms with Crippen molar-refractivity contribution in [3.8, 4) is 34.0 Å². The summed E-state index contributed by atoms with van der Waals surface area (Å²) in [5, 5.41) is 9.84. The van der Waals surface area contributed by atoms with E-state index in [4.69, 9.17) is 80.6 Å². The van der Waals surface area contributed by atoms with Gasteiger partial charge in [-0.25, -0.2) is 15.0 Å². The Kier molecular flexibility index (Phi) is 26.7. The average Bonchev–Trinajstić information content (AvgIpc) is 1.58. The van der Waals surface area contributed by atoms with E-state index in [2.05, 4.69) is 226 Å². The molecular formula is C93H89B4Br4Cl2FIN3O13. The maximum absolute atomic E-state index is 11.8. The molecule has 0 N–H and O–H groups in total. The lowest BCUT2D eigenvalue weighted by Crippen LogP contribution is -2.41. The van der Waals surface area contributed by atoms with E-state index >= 15 is 0 Å². The van der Waals surface area contributed by atoms with Crippen LogP contribution in [0.2, 0.25) is 10.3 Å². The lowest BCUT2D eigenvalue weighted by Gasteiger charge is -2.32. The molecule has 1 aliphatic carbocycles. The predicted octanol–water partition coefficient (Wildman–Crippen LogP) is 25.6. The van der Waals surface area contributed by atoms with Crippen molar-refractivity contribution in [2.75, 3.05) is 7.15 Å². The summed E-state index contributed by atoms with van der Waals surface area (Å²) in [6, 6.07) is 68.9. The number of ketones is 2. The number of rotatable bonds is 6. The molecule has 0 radical (unpaired) electrons. The fourth-order valence-electron chi connectivity index (χ4n) is 14.2. The Morgan fingerprint density at radius 1 is 0.380 bits per heavy atom. The Hall–Kier alpha value is -7.34. The van der Waals surface area contributed by atoms with E-state index in [9.17, 15) is 18.8 Å². The van der Waals surface area contributed by atoms with Crippen LogP contribution in [-0.2, 0) is 37.2 Å². The van der Waals surface area contributed by atoms with Gasteiger partial charge in [-0.2, -0.15) is 0 Å². The molecule has 0 spiro atoms. The van der Waals surface area contributed by atoms with Crippen LogP contribution in [-0.4, -0.2) is 113 Å². The normalized spacial score (nSPS) is 17.7. The van der Waals surface area contributed by atoms with E-state index in [0.717, 1.165) is 115 Å². The average molecular weight is 2040 g/mol. The second-order valence-electron chi connectivity index (χ2n) is 33.5. The molecule has 14 aromatic rings. The monoisotopic (exact) mass is 2030 g/mol. The van der Waals surface area contributed by atoms with E-state index in [1.165, 1.54) is 10.8 Å². The van der Waals surface area contributed by atoms with Gasteiger partial charge in [-0.15, -0.1) is 0 Å². The summed E-state index contributed by atoms with van der Waals surface area (Å²) >= 11 is 26.8. The molecule has 7 heterocycles. The van der Waals surface area contributed by atoms with Crippen molar-refractivity contribution in [3.63, 3.8) is 0 Å². The molecule has 0 bridgehead atoms. The standard InChI is InChI=1S/C33H35B2NO5.C21H11Br2NO.C14H8O2.C12H24B2O4.C7H4Br2O.C5H2Cl2IN.CH3F.H2/c1-30(2)31(3,4)39-34(38-30)21-17-20(18-22(19-21)35-40-32(5,6)33(7,8)41-35)29-36-27-25-15-11-9-13-23(25)24-14-10-12-16-26(24)28(27)37-29;22-13-9-12(10-14(23)11-13)21-24-19-17-7-3-1-5-15(17)16-6-2-4-8-18(16)20(19)25-21;15-13-11-7-3-1-5-9(11)10-6-2-4-8-12(10)14(13)16;1-9(2)10(3,4)16-13(15-9)14-17-11(5,6)12(7,8)18-14;8-6-1-5(4-10)2-7(9)3-6;6-4-1-3(8)2-5(7)9-4;1-2;/h9-19H,1-8H3;1-11H;1-8H;1-8H3;1-4H;1-2H;1H3;1H/i;;;;;;1D;1+1. The van der Waals surface area contributed by atoms with Crippen molar-refractivity contribution < 1.29 is 67.6 Å². The van der Waals surface area contributed by atoms with Gasteiger partial charge in [0.2, 0.25) is 23.3 Å². The van der Waals surface area contributed by atoms with Crippen LogP contribution in [0.3, 0.4) is 0 Å². The smallest absolute Gasteiger partial charge is 0.435 e. The fraction of sp³-hybridized carbons (Fsp3) is 0.269. The minimum atomic E-state index is -1.00. The number of Topliss-reactive ketones (excluding diaryl/α,β-unsaturated/α-hetero) is 2. The summed E-state index contributed by atoms with van der Waals surface area (Å²) in [5.74, 6) is 0.333. The number of hydrogen-bond acceptors (Lipinski definition) is 16. The highest BCUT2D eigenvalue weighted by Gasteiger charge is 2.64. The summed E-state index contributed by atoms with van der Waals surface area (Å²) in [6.45, 7) is 32.7. The van der Waals surface area contributed by atoms with Crippen molar-refractivity contribution in [2.45, 2.75) is 156 Å². The zero-order chi connectivity index (χ0) is 88.1. The third kappa shape index (κ3) is 19.1. The highest BCUT2D eigenvalue weighted by molar-refractivity contribution is 14.1. The van der Waals surface area contributed by atoms with Gasteiger partial charge in [-0.05, 0) is 238 Å². The van der Waals surface area contributed by atoms with Gasteiger partial charge in [0.25, 0.3) is 0 Å². The minimum absolute atomic E-state index is 0. The first-order chi connectivity index (χ1) is 57.4. The van der Waals surface area contributed by atoms with E-state index < -0.39 is 69.4 Å². The number of aromatic nitrogens is 3. The summed E-state index contributed by atoms with van der Waals surface area (Å²) in [5.41, 5.74) is 6.85. The number of halogens is 8. The number of hydrogen-bond donors (Lipinski definition) is 0. The molecule has 0 amide bonds. The number of nitrogens with zero attached hydrogens (tertiary/aromatic N) is 3. The number of carbonyl (C=O) groups excluding carboxylic acids is 3. The number of aldehydes is 1. The van der Waals surface area contributed by atoms with Crippen LogP contribution in [0.1, 0.15) is 145 Å². The van der Waals surface area contributed by atoms with Crippen LogP contribution >= 0.6 is 110 Å². The Labute approximate surface area is 765 Å². The number of oxazole rings is 2. The van der Waals surface area contributed by atoms with Crippen molar-refractivity contribution >= 4 is 232 Å². The number of fused-ring (bicyclic) bond motifs is 15. The predicted molar refractivity (Wildman–Crippen MR) is 512 cm³/mol. The van der Waals surface area contributed by atoms with Crippen LogP contribution in [0.25, 0.3) is 99.3 Å². The number of carbonyl (C=O) groups is 3. The highest BCUT2D eigenvalue weighted by Crippen LogP contribution is 2.46. The van der Waals surface area contributed by atoms with E-state index in [1.54, 1.807) is 48.5 Å². The van der Waals surface area contributed by atoms with Crippen LogP contribution in [0.5, 0.6) is 0 Å². The molecule has 28 heteroatoms. The SMILES string of the molecule is Brc1cc(Br)cc(-c2nc3c4ccccc4c4ccccc4c3o2)c1.CC1(C)OB(B2OC(C)(C)C(C)(C)O2)OC1(C)C.CC1(C)OB(c2cc(B3OC(C)(C)C(C)(C)O3)cc(-c3nc4c5ccccc5c5ccccc5c4o3)c2)OC1(C)C.Clc1cc(I)cc(Cl)n1.O=C1C(=O)c2ccccc2-c2ccccc21.O=Cc1cc(Br)cc(Br)c1.[2HH].[2H]CF. The van der Waals surface area contributed by atoms with Gasteiger partial charge in [0.05, 0.1) is 53.3 Å². The number of alkyl halides is 1. The molecule has 3 aromatic heterocycles. The Morgan fingerprint density at radius 3 is 0.975 bits per heavy atom. The van der Waals surface area contributed by atoms with Gasteiger partial charge >= 0.3 is 28.3 Å². The third-order valence-electron chi connectivity index (χ3n) is 23.3. The van der Waals surface area contributed by atoms with Gasteiger partial charge in [-0.1, -0.05) is 239 Å². The number of benzene rings is 11. The van der Waals surface area contributed by atoms with Gasteiger partial charge in [-0.3, -0.25) is 18.8 Å². The second kappa shape index (κ2) is 36.0. The fourth-order valence-corrected chi connectivity index (χ4v) is 18.2. The van der Waals surface area contributed by atoms with Gasteiger partial charge in [0, 0.05) is 72.2 Å². The molecule has 622 valence electrons. The Bertz CT molecular complexity index is 5920. The molecule has 0 unspecified atom stereocenters. The Morgan fingerprint density at radius 2 is 0.653 bits per heavy atom. The zero-order valence-corrected chi connectivity index (χ0v) is 79.5. The number of pyridine rings is 1. The second-order valence-corrected chi connectivity index (χ2v) is 39.2. The molecule has 19 rings (SSSR count). The van der Waals surface area contributed by atoms with Gasteiger partial charge in [0.1, 0.15) is 27.6 Å². The molecule has 4 aliphatic heterocycles. The van der Waals surface area contributed by atoms with E-state index in [0.29, 0.717) is 38.8 Å². The lowest BCUT2D eigenvalue weighted by atomic mass is 9.49. The zero-order valence-electron chi connectivity index (χ0n) is 70.5. The molecule has 16 nitrogen and oxygen atoms in total. The maximum Gasteiger partial charge on any atom is 0.494 e. The molecule has 4 saturated heterocycles. The molecule has 4 fully saturated rings. The van der Waals surface area contributed by atoms with Gasteiger partial charge < -0.3 is 46.1 Å². The van der Waals surface area contributed by atoms with Crippen molar-refractivity contribution in [3.05, 3.63) is 261 Å². The summed E-state index contributed by atoms with van der Waals surface area (Å²) in [4.78, 5) is 47.6. The largest absolute Gasteiger partial charge is 0.494 e. The molecular weight excluding hydrogens is 1950 g/mol. The van der Waals surface area contributed by atoms with Crippen molar-refractivity contribution in [2.24, 2.45) is 0 Å². The van der Waals surface area contributed by atoms with E-state index in [-0.39, 0.29) is 23.8 Å². The van der Waals surface area contributed by atoms with Crippen LogP contribution < -0.4 is 10.9 Å². The molecule has 0 atom stereocenters. The minimum Gasteiger partial charge on any atom is -0.435 e. The Balaban J connectivity index is 0.000000145. The highest BCUT2D eigenvalue weighted by atomic mass is 127. The van der Waals surface area contributed by atoms with Crippen molar-refractivity contribution in [1.29, 1.82) is 0 Å². The first-order valence-corrected chi connectivity index (χ1v) is 43.9. The topological polar surface area (TPSA) is 190 Å². The molecule has 121 heavy (non-hydrogen) atoms. The van der Waals surface area contributed by atoms with Crippen LogP contribution in [0.4, 0.5) is 4.39 Å². The van der Waals surface area contributed by atoms with Crippen LogP contribution in [0.15, 0.2) is 239 Å². The first kappa shape index (κ1) is 89.9. The molecule has 11 aromatic carbocycles. The summed E-state index contributed by atoms with van der Waals surface area (Å²) < 4.78 is 82.8. The summed E-state index contributed by atoms with van der Waals surface area (Å²) in [7, 11) is -3.08. The first-order valence-electron chi connectivity index (χ1n) is 39.6. The molecule has 0 saturated carbocycles. The quantitative estimate of drug-likeness (QED) is 0.0381. The van der Waals surface area contributed by atoms with Crippen LogP contribution in [0, 0.1) is 3.57 Å². The van der Waals surface area contributed by atoms with Gasteiger partial charge in [0.15, 0.2) is 11.2 Å². The summed E-state index contributed by atoms with van der Waals surface area (Å²) in [6.07, 6.45) is 0.815. The van der Waals surface area contributed by atoms with E-state index in [1.807, 2.05) is 140 Å². The molecule has 5 aliphatic rings. The lowest BCUT2D eigenvalue weighted by molar-refractivity contribution is 0.00578. The third-order valence-corrected chi connectivity index (χ3v) is 26.1. The van der Waals surface area contributed by atoms with Crippen molar-refractivity contribution in [1.82, 2.24) is 15.0 Å². The maximum atomic E-state index is 11.8.